The molecule has 0 saturated heterocycles. The predicted molar refractivity (Wildman–Crippen MR) is 98.6 cm³/mol. The summed E-state index contributed by atoms with van der Waals surface area (Å²) < 4.78 is 0. The highest BCUT2D eigenvalue weighted by Gasteiger charge is 2.35. The Morgan fingerprint density at radius 2 is 1.50 bits per heavy atom. The summed E-state index contributed by atoms with van der Waals surface area (Å²) in [6, 6.07) is 14.6. The van der Waals surface area contributed by atoms with Crippen LogP contribution in [0.25, 0.3) is 0 Å². The number of anilines is 2. The molecule has 0 atom stereocenters. The van der Waals surface area contributed by atoms with E-state index in [1.807, 2.05) is 36.4 Å². The topological polar surface area (TPSA) is 48.3 Å². The molecule has 24 heavy (non-hydrogen) atoms. The van der Waals surface area contributed by atoms with Gasteiger partial charge in [0.2, 0.25) is 0 Å². The number of para-hydroxylation sites is 2. The van der Waals surface area contributed by atoms with Crippen LogP contribution < -0.4 is 4.90 Å². The van der Waals surface area contributed by atoms with E-state index < -0.39 is 0 Å². The van der Waals surface area contributed by atoms with Crippen LogP contribution in [0.3, 0.4) is 0 Å². The fourth-order valence-electron chi connectivity index (χ4n) is 2.45. The lowest BCUT2D eigenvalue weighted by Crippen LogP contribution is -2.34. The van der Waals surface area contributed by atoms with Crippen LogP contribution in [-0.4, -0.2) is 36.6 Å². The van der Waals surface area contributed by atoms with Gasteiger partial charge in [0.1, 0.15) is 0 Å². The van der Waals surface area contributed by atoms with E-state index >= 15 is 0 Å². The minimum atomic E-state index is -0.281. The first-order valence-electron chi connectivity index (χ1n) is 7.17. The molecule has 1 aliphatic heterocycles. The number of aliphatic imine (C=N–C) groups is 1. The smallest absolute Gasteiger partial charge is 0.289 e. The standard InChI is InChI=1S/C17H14Cl2N4O/c1-20-15-16(21-22(2)17(15)24)23(13-9-5-3-7-11(13)18)14-10-6-4-8-12(14)19/h3-10H,1-2H3/b20-15-. The number of carbonyl (C=O) groups is 1. The molecule has 1 amide bonds. The van der Waals surface area contributed by atoms with E-state index in [9.17, 15) is 4.79 Å². The van der Waals surface area contributed by atoms with Gasteiger partial charge in [-0.15, -0.1) is 5.10 Å². The van der Waals surface area contributed by atoms with Crippen molar-refractivity contribution in [3.05, 3.63) is 58.6 Å². The van der Waals surface area contributed by atoms with Gasteiger partial charge in [0.05, 0.1) is 21.4 Å². The molecule has 7 heteroatoms. The zero-order chi connectivity index (χ0) is 17.3. The highest BCUT2D eigenvalue weighted by molar-refractivity contribution is 6.71. The first-order chi connectivity index (χ1) is 11.5. The molecule has 2 aromatic rings. The molecule has 3 rings (SSSR count). The number of benzene rings is 2. The molecule has 0 spiro atoms. The van der Waals surface area contributed by atoms with E-state index in [4.69, 9.17) is 23.2 Å². The van der Waals surface area contributed by atoms with Crippen molar-refractivity contribution in [2.24, 2.45) is 10.1 Å². The van der Waals surface area contributed by atoms with E-state index in [-0.39, 0.29) is 11.6 Å². The normalized spacial score (nSPS) is 15.8. The number of halogens is 2. The molecule has 0 bridgehead atoms. The van der Waals surface area contributed by atoms with Gasteiger partial charge in [-0.2, -0.15) is 0 Å². The Morgan fingerprint density at radius 1 is 1.00 bits per heavy atom. The first-order valence-corrected chi connectivity index (χ1v) is 7.93. The Hall–Kier alpha value is -2.37. The van der Waals surface area contributed by atoms with Crippen LogP contribution in [0.2, 0.25) is 10.0 Å². The summed E-state index contributed by atoms with van der Waals surface area (Å²) >= 11 is 12.8. The van der Waals surface area contributed by atoms with Gasteiger partial charge in [0.15, 0.2) is 11.5 Å². The molecule has 122 valence electrons. The van der Waals surface area contributed by atoms with Crippen molar-refractivity contribution in [1.82, 2.24) is 5.01 Å². The SMILES string of the molecule is C/N=C1\C(=O)N(C)N=C1N(c1ccccc1Cl)c1ccccc1Cl. The summed E-state index contributed by atoms with van der Waals surface area (Å²) in [4.78, 5) is 18.1. The minimum Gasteiger partial charge on any atom is -0.289 e. The third-order valence-corrected chi connectivity index (χ3v) is 4.21. The van der Waals surface area contributed by atoms with Crippen molar-refractivity contribution in [3.8, 4) is 0 Å². The maximum Gasteiger partial charge on any atom is 0.295 e. The third-order valence-electron chi connectivity index (χ3n) is 3.58. The van der Waals surface area contributed by atoms with Crippen molar-refractivity contribution in [3.63, 3.8) is 0 Å². The number of carbonyl (C=O) groups excluding carboxylic acids is 1. The van der Waals surface area contributed by atoms with Crippen molar-refractivity contribution in [2.45, 2.75) is 0 Å². The Morgan fingerprint density at radius 3 is 1.96 bits per heavy atom. The van der Waals surface area contributed by atoms with Crippen molar-refractivity contribution < 1.29 is 4.79 Å². The van der Waals surface area contributed by atoms with E-state index in [0.717, 1.165) is 0 Å². The molecule has 1 heterocycles. The lowest BCUT2D eigenvalue weighted by atomic mass is 10.2. The van der Waals surface area contributed by atoms with Crippen molar-refractivity contribution >= 4 is 52.0 Å². The highest BCUT2D eigenvalue weighted by Crippen LogP contribution is 2.37. The van der Waals surface area contributed by atoms with Gasteiger partial charge >= 0.3 is 0 Å². The van der Waals surface area contributed by atoms with E-state index in [1.54, 1.807) is 31.1 Å². The molecule has 0 aromatic heterocycles. The van der Waals surface area contributed by atoms with E-state index in [2.05, 4.69) is 10.1 Å². The van der Waals surface area contributed by atoms with Gasteiger partial charge in [-0.1, -0.05) is 47.5 Å². The van der Waals surface area contributed by atoms with Crippen LogP contribution in [0.5, 0.6) is 0 Å². The Kier molecular flexibility index (Phi) is 4.55. The Bertz CT molecular complexity index is 818. The fraction of sp³-hybridized carbons (Fsp3) is 0.118. The molecule has 2 aromatic carbocycles. The summed E-state index contributed by atoms with van der Waals surface area (Å²) in [7, 11) is 3.14. The largest absolute Gasteiger partial charge is 0.295 e. The number of amidine groups is 1. The summed E-state index contributed by atoms with van der Waals surface area (Å²) in [5.41, 5.74) is 1.57. The molecule has 0 fully saturated rings. The van der Waals surface area contributed by atoms with Crippen LogP contribution >= 0.6 is 23.2 Å². The molecular weight excluding hydrogens is 347 g/mol. The van der Waals surface area contributed by atoms with Gasteiger partial charge < -0.3 is 0 Å². The Labute approximate surface area is 149 Å². The zero-order valence-corrected chi connectivity index (χ0v) is 14.6. The predicted octanol–water partition coefficient (Wildman–Crippen LogP) is 3.99. The molecule has 0 aliphatic carbocycles. The van der Waals surface area contributed by atoms with Crippen LogP contribution in [0, 0.1) is 0 Å². The first kappa shape index (κ1) is 16.5. The number of hydrazone groups is 1. The number of nitrogens with zero attached hydrogens (tertiary/aromatic N) is 4. The van der Waals surface area contributed by atoms with Gasteiger partial charge in [-0.3, -0.25) is 14.7 Å². The quantitative estimate of drug-likeness (QED) is 0.812. The zero-order valence-electron chi connectivity index (χ0n) is 13.1. The van der Waals surface area contributed by atoms with Gasteiger partial charge in [0, 0.05) is 14.1 Å². The fourth-order valence-corrected chi connectivity index (χ4v) is 2.89. The second-order valence-electron chi connectivity index (χ2n) is 5.06. The number of hydrogen-bond donors (Lipinski definition) is 0. The lowest BCUT2D eigenvalue weighted by molar-refractivity contribution is -0.122. The average molecular weight is 361 g/mol. The summed E-state index contributed by atoms with van der Waals surface area (Å²) in [6.45, 7) is 0. The van der Waals surface area contributed by atoms with Crippen LogP contribution in [-0.2, 0) is 4.79 Å². The van der Waals surface area contributed by atoms with Crippen molar-refractivity contribution in [2.75, 3.05) is 19.0 Å². The monoisotopic (exact) mass is 360 g/mol. The molecular formula is C17H14Cl2N4O. The van der Waals surface area contributed by atoms with Crippen molar-refractivity contribution in [1.29, 1.82) is 0 Å². The highest BCUT2D eigenvalue weighted by atomic mass is 35.5. The summed E-state index contributed by atoms with van der Waals surface area (Å²) in [5.74, 6) is 0.0998. The van der Waals surface area contributed by atoms with E-state index in [1.165, 1.54) is 5.01 Å². The maximum absolute atomic E-state index is 12.3. The second kappa shape index (κ2) is 6.63. The minimum absolute atomic E-state index is 0.248. The molecule has 0 unspecified atom stereocenters. The number of rotatable bonds is 2. The van der Waals surface area contributed by atoms with Crippen LogP contribution in [0.15, 0.2) is 58.6 Å². The average Bonchev–Trinajstić information content (AvgIpc) is 2.86. The van der Waals surface area contributed by atoms with Gasteiger partial charge in [0.25, 0.3) is 5.91 Å². The molecule has 0 radical (unpaired) electrons. The van der Waals surface area contributed by atoms with Gasteiger partial charge in [-0.05, 0) is 24.3 Å². The number of hydrogen-bond acceptors (Lipinski definition) is 4. The molecule has 0 saturated carbocycles. The number of amides is 1. The molecule has 5 nitrogen and oxygen atoms in total. The van der Waals surface area contributed by atoms with Crippen LogP contribution in [0.1, 0.15) is 0 Å². The Balaban J connectivity index is 2.25. The van der Waals surface area contributed by atoms with E-state index in [0.29, 0.717) is 27.3 Å². The molecule has 0 N–H and O–H groups in total. The maximum atomic E-state index is 12.3. The second-order valence-corrected chi connectivity index (χ2v) is 5.88. The molecule has 1 aliphatic rings. The van der Waals surface area contributed by atoms with Gasteiger partial charge in [-0.25, -0.2) is 5.01 Å². The lowest BCUT2D eigenvalue weighted by Gasteiger charge is -2.25. The summed E-state index contributed by atoms with van der Waals surface area (Å²) in [5, 5.41) is 6.61. The summed E-state index contributed by atoms with van der Waals surface area (Å²) in [6.07, 6.45) is 0. The van der Waals surface area contributed by atoms with Crippen LogP contribution in [0.4, 0.5) is 11.4 Å². The third kappa shape index (κ3) is 2.77.